The number of hydrogen-bond donors (Lipinski definition) is 2. The zero-order chi connectivity index (χ0) is 32.5. The maximum atomic E-state index is 13.1. The van der Waals surface area contributed by atoms with Crippen LogP contribution in [-0.2, 0) is 22.4 Å². The van der Waals surface area contributed by atoms with Crippen LogP contribution in [0.25, 0.3) is 33.5 Å². The molecule has 44 heavy (non-hydrogen) atoms. The number of H-pyrrole nitrogens is 1. The Hall–Kier alpha value is -2.77. The first-order valence-corrected chi connectivity index (χ1v) is 18.7. The van der Waals surface area contributed by atoms with Gasteiger partial charge in [0, 0.05) is 28.7 Å². The van der Waals surface area contributed by atoms with Crippen molar-refractivity contribution >= 4 is 30.6 Å². The van der Waals surface area contributed by atoms with Crippen LogP contribution in [0.15, 0.2) is 54.6 Å². The zero-order valence-electron chi connectivity index (χ0n) is 26.6. The van der Waals surface area contributed by atoms with E-state index in [0.29, 0.717) is 23.7 Å². The fourth-order valence-corrected chi connectivity index (χ4v) is 6.02. The van der Waals surface area contributed by atoms with Crippen molar-refractivity contribution in [2.24, 2.45) is 0 Å². The molecule has 1 aromatic carbocycles. The van der Waals surface area contributed by atoms with Gasteiger partial charge in [0.15, 0.2) is 8.32 Å². The zero-order valence-corrected chi connectivity index (χ0v) is 28.4. The van der Waals surface area contributed by atoms with E-state index in [1.54, 1.807) is 39.0 Å². The molecule has 0 fully saturated rings. The van der Waals surface area contributed by atoms with Crippen LogP contribution >= 0.6 is 0 Å². The number of aromatic nitrogens is 4. The number of halogens is 3. The smallest absolute Gasteiger partial charge is 0.389 e. The van der Waals surface area contributed by atoms with Crippen LogP contribution in [0, 0.1) is 0 Å². The van der Waals surface area contributed by atoms with Gasteiger partial charge in [-0.25, -0.2) is 4.98 Å². The average molecular weight is 646 g/mol. The van der Waals surface area contributed by atoms with Gasteiger partial charge in [-0.3, -0.25) is 10.1 Å². The van der Waals surface area contributed by atoms with Gasteiger partial charge in [0.25, 0.3) is 0 Å². The maximum Gasteiger partial charge on any atom is 0.389 e. The molecule has 0 radical (unpaired) electrons. The van der Waals surface area contributed by atoms with Crippen molar-refractivity contribution in [3.63, 3.8) is 0 Å². The molecule has 4 aromatic rings. The van der Waals surface area contributed by atoms with Gasteiger partial charge in [-0.15, -0.1) is 4.72 Å². The molecule has 4 rings (SSSR count). The topological polar surface area (TPSA) is 98.8 Å². The summed E-state index contributed by atoms with van der Waals surface area (Å²) in [5.41, 5.74) is 4.80. The molecule has 0 saturated heterocycles. The normalized spacial score (nSPS) is 14.6. The van der Waals surface area contributed by atoms with E-state index in [4.69, 9.17) is 14.4 Å². The minimum atomic E-state index is -4.34. The Morgan fingerprint density at radius 3 is 2.30 bits per heavy atom. The fraction of sp³-hybridized carbons (Fsp3) is 0.469. The molecule has 0 aliphatic carbocycles. The van der Waals surface area contributed by atoms with Gasteiger partial charge < -0.3 is 8.98 Å². The van der Waals surface area contributed by atoms with Gasteiger partial charge in [0.1, 0.15) is 10.4 Å². The monoisotopic (exact) mass is 645 g/mol. The molecule has 12 heteroatoms. The molecule has 0 bridgehead atoms. The van der Waals surface area contributed by atoms with Gasteiger partial charge in [0.05, 0.1) is 40.9 Å². The van der Waals surface area contributed by atoms with E-state index in [1.165, 1.54) is 0 Å². The first kappa shape index (κ1) is 34.1. The molecule has 2 atom stereocenters. The van der Waals surface area contributed by atoms with Crippen molar-refractivity contribution < 1.29 is 22.2 Å². The molecule has 7 nitrogen and oxygen atoms in total. The third-order valence-electron chi connectivity index (χ3n) is 7.94. The molecule has 0 amide bonds. The lowest BCUT2D eigenvalue weighted by atomic mass is 10.0. The highest BCUT2D eigenvalue weighted by molar-refractivity contribution is 7.90. The van der Waals surface area contributed by atoms with Gasteiger partial charge >= 0.3 is 6.18 Å². The van der Waals surface area contributed by atoms with Crippen molar-refractivity contribution in [2.45, 2.75) is 96.1 Å². The van der Waals surface area contributed by atoms with E-state index in [9.17, 15) is 17.7 Å². The average Bonchev–Trinajstić information content (AvgIpc) is 3.36. The molecule has 3 aromatic heterocycles. The Kier molecular flexibility index (Phi) is 10.0. The molecular weight excluding hydrogens is 604 g/mol. The second-order valence-corrected chi connectivity index (χ2v) is 20.4. The second kappa shape index (κ2) is 12.9. The van der Waals surface area contributed by atoms with Crippen LogP contribution in [-0.4, -0.2) is 44.0 Å². The van der Waals surface area contributed by atoms with E-state index in [2.05, 4.69) is 48.8 Å². The third-order valence-corrected chi connectivity index (χ3v) is 14.0. The molecular formula is C32H42F3N5O2SSi. The SMILES string of the molecule is CC(C)(C)[S+]([O-])N[C@@H](CCC(F)(F)F)c1cccc(-c2ccc3c(-c4cccc(CO[Si](C)(C)C(C)(C)C)n4)n[nH]c3c2)n1. The molecule has 0 aliphatic heterocycles. The summed E-state index contributed by atoms with van der Waals surface area (Å²) in [7, 11) is -1.93. The van der Waals surface area contributed by atoms with Crippen LogP contribution in [0.2, 0.25) is 18.1 Å². The number of rotatable bonds is 10. The van der Waals surface area contributed by atoms with Gasteiger partial charge in [-0.05, 0) is 81.7 Å². The molecule has 0 aliphatic rings. The Morgan fingerprint density at radius 1 is 0.955 bits per heavy atom. The van der Waals surface area contributed by atoms with Crippen molar-refractivity contribution in [2.75, 3.05) is 0 Å². The van der Waals surface area contributed by atoms with E-state index in [1.807, 2.05) is 36.4 Å². The summed E-state index contributed by atoms with van der Waals surface area (Å²) < 4.78 is 60.8. The lowest BCUT2D eigenvalue weighted by Crippen LogP contribution is -2.41. The van der Waals surface area contributed by atoms with Gasteiger partial charge in [-0.1, -0.05) is 39.0 Å². The van der Waals surface area contributed by atoms with E-state index >= 15 is 0 Å². The fourth-order valence-electron chi connectivity index (χ4n) is 4.22. The molecule has 1 unspecified atom stereocenters. The van der Waals surface area contributed by atoms with Crippen LogP contribution in [0.3, 0.4) is 0 Å². The maximum absolute atomic E-state index is 13.1. The number of pyridine rings is 2. The summed E-state index contributed by atoms with van der Waals surface area (Å²) in [5, 5.41) is 8.62. The number of alkyl halides is 3. The number of aromatic amines is 1. The first-order chi connectivity index (χ1) is 20.3. The van der Waals surface area contributed by atoms with Crippen LogP contribution < -0.4 is 4.72 Å². The lowest BCUT2D eigenvalue weighted by molar-refractivity contribution is -0.136. The summed E-state index contributed by atoms with van der Waals surface area (Å²) in [6.45, 7) is 16.8. The highest BCUT2D eigenvalue weighted by Crippen LogP contribution is 2.37. The van der Waals surface area contributed by atoms with E-state index in [0.717, 1.165) is 27.9 Å². The van der Waals surface area contributed by atoms with Crippen molar-refractivity contribution in [3.05, 3.63) is 66.0 Å². The number of benzene rings is 1. The van der Waals surface area contributed by atoms with E-state index < -0.39 is 43.1 Å². The Bertz CT molecular complexity index is 1580. The third kappa shape index (κ3) is 8.48. The van der Waals surface area contributed by atoms with Crippen LogP contribution in [0.1, 0.15) is 71.8 Å². The number of nitrogens with one attached hydrogen (secondary N) is 2. The molecule has 0 saturated carbocycles. The largest absolute Gasteiger partial charge is 0.598 e. The quantitative estimate of drug-likeness (QED) is 0.132. The highest BCUT2D eigenvalue weighted by atomic mass is 32.2. The predicted molar refractivity (Wildman–Crippen MR) is 174 cm³/mol. The number of nitrogens with zero attached hydrogens (tertiary/aromatic N) is 3. The highest BCUT2D eigenvalue weighted by Gasteiger charge is 2.37. The standard InChI is InChI=1S/C32H42F3N5O2SSi/c1-30(2,3)43(41)40-26(17-18-32(33,34)35)25-13-10-12-24(37-25)21-15-16-23-28(19-21)38-39-29(23)27-14-9-11-22(36-27)20-42-44(7,8)31(4,5)6/h9-16,19,26,40H,17-18,20H2,1-8H3,(H,38,39)/t26-,43?/m0/s1. The van der Waals surface area contributed by atoms with Crippen molar-refractivity contribution in [1.82, 2.24) is 24.9 Å². The van der Waals surface area contributed by atoms with Crippen molar-refractivity contribution in [1.29, 1.82) is 0 Å². The van der Waals surface area contributed by atoms with Crippen LogP contribution in [0.4, 0.5) is 13.2 Å². The summed E-state index contributed by atoms with van der Waals surface area (Å²) >= 11 is -1.58. The molecule has 3 heterocycles. The summed E-state index contributed by atoms with van der Waals surface area (Å²) in [6.07, 6.45) is -5.63. The summed E-state index contributed by atoms with van der Waals surface area (Å²) in [4.78, 5) is 9.53. The molecule has 0 spiro atoms. The molecule has 2 N–H and O–H groups in total. The number of fused-ring (bicyclic) bond motifs is 1. The Balaban J connectivity index is 1.59. The van der Waals surface area contributed by atoms with Crippen molar-refractivity contribution in [3.8, 4) is 22.6 Å². The Morgan fingerprint density at radius 2 is 1.64 bits per heavy atom. The first-order valence-electron chi connectivity index (χ1n) is 14.6. The summed E-state index contributed by atoms with van der Waals surface area (Å²) in [6, 6.07) is 16.0. The minimum Gasteiger partial charge on any atom is -0.598 e. The van der Waals surface area contributed by atoms with Gasteiger partial charge in [0.2, 0.25) is 0 Å². The van der Waals surface area contributed by atoms with Gasteiger partial charge in [-0.2, -0.15) is 18.3 Å². The summed E-state index contributed by atoms with van der Waals surface area (Å²) in [5.74, 6) is 0. The predicted octanol–water partition coefficient (Wildman–Crippen LogP) is 8.64. The van der Waals surface area contributed by atoms with Crippen LogP contribution in [0.5, 0.6) is 0 Å². The second-order valence-electron chi connectivity index (χ2n) is 13.5. The van der Waals surface area contributed by atoms with E-state index in [-0.39, 0.29) is 11.5 Å². The minimum absolute atomic E-state index is 0.0980. The molecule has 238 valence electrons. The Labute approximate surface area is 261 Å². The number of hydrogen-bond acceptors (Lipinski definition) is 6. The lowest BCUT2D eigenvalue weighted by Gasteiger charge is -2.36.